The van der Waals surface area contributed by atoms with Gasteiger partial charge in [-0.05, 0) is 45.7 Å². The third-order valence-corrected chi connectivity index (χ3v) is 4.45. The highest BCUT2D eigenvalue weighted by molar-refractivity contribution is 4.81. The molecule has 0 spiro atoms. The number of piperidine rings is 1. The van der Waals surface area contributed by atoms with Crippen LogP contribution in [0.2, 0.25) is 0 Å². The van der Waals surface area contributed by atoms with E-state index >= 15 is 0 Å². The minimum absolute atomic E-state index is 0.236. The Labute approximate surface area is 118 Å². The summed E-state index contributed by atoms with van der Waals surface area (Å²) < 4.78 is 43.3. The fraction of sp³-hybridized carbons (Fsp3) is 1.00. The SMILES string of the molecule is CC(CNCC1CCCO1)N1CCC(C(F)(F)F)CC1. The maximum Gasteiger partial charge on any atom is 0.391 e. The molecule has 20 heavy (non-hydrogen) atoms. The van der Waals surface area contributed by atoms with Gasteiger partial charge in [-0.1, -0.05) is 0 Å². The molecule has 2 aliphatic rings. The van der Waals surface area contributed by atoms with Crippen molar-refractivity contribution in [1.29, 1.82) is 0 Å². The van der Waals surface area contributed by atoms with Crippen molar-refractivity contribution in [2.45, 2.75) is 50.9 Å². The molecule has 2 aliphatic heterocycles. The summed E-state index contributed by atoms with van der Waals surface area (Å²) in [4.78, 5) is 2.16. The molecule has 0 aliphatic carbocycles. The van der Waals surface area contributed by atoms with Crippen molar-refractivity contribution >= 4 is 0 Å². The van der Waals surface area contributed by atoms with E-state index in [0.717, 1.165) is 32.5 Å². The molecule has 0 aromatic carbocycles. The van der Waals surface area contributed by atoms with E-state index in [1.54, 1.807) is 0 Å². The van der Waals surface area contributed by atoms with E-state index < -0.39 is 12.1 Å². The average molecular weight is 294 g/mol. The number of nitrogens with one attached hydrogen (secondary N) is 1. The van der Waals surface area contributed by atoms with Gasteiger partial charge in [0.2, 0.25) is 0 Å². The summed E-state index contributed by atoms with van der Waals surface area (Å²) in [5, 5.41) is 3.38. The lowest BCUT2D eigenvalue weighted by Gasteiger charge is -2.36. The number of likely N-dealkylation sites (tertiary alicyclic amines) is 1. The summed E-state index contributed by atoms with van der Waals surface area (Å²) in [6.45, 7) is 5.70. The van der Waals surface area contributed by atoms with Crippen molar-refractivity contribution in [3.63, 3.8) is 0 Å². The topological polar surface area (TPSA) is 24.5 Å². The van der Waals surface area contributed by atoms with E-state index in [-0.39, 0.29) is 18.9 Å². The largest absolute Gasteiger partial charge is 0.391 e. The molecule has 0 amide bonds. The van der Waals surface area contributed by atoms with Crippen molar-refractivity contribution in [1.82, 2.24) is 10.2 Å². The van der Waals surface area contributed by atoms with Crippen LogP contribution in [0.1, 0.15) is 32.6 Å². The van der Waals surface area contributed by atoms with Gasteiger partial charge in [0.05, 0.1) is 12.0 Å². The molecule has 2 fully saturated rings. The molecule has 0 radical (unpaired) electrons. The minimum Gasteiger partial charge on any atom is -0.377 e. The first kappa shape index (κ1) is 16.0. The quantitative estimate of drug-likeness (QED) is 0.843. The third-order valence-electron chi connectivity index (χ3n) is 4.45. The Balaban J connectivity index is 1.62. The normalized spacial score (nSPS) is 27.9. The number of hydrogen-bond acceptors (Lipinski definition) is 3. The second kappa shape index (κ2) is 7.09. The molecular formula is C14H25F3N2O. The van der Waals surface area contributed by atoms with Crippen molar-refractivity contribution in [3.8, 4) is 0 Å². The highest BCUT2D eigenvalue weighted by Crippen LogP contribution is 2.34. The fourth-order valence-corrected chi connectivity index (χ4v) is 3.06. The Morgan fingerprint density at radius 2 is 1.95 bits per heavy atom. The Morgan fingerprint density at radius 3 is 2.50 bits per heavy atom. The van der Waals surface area contributed by atoms with Gasteiger partial charge in [-0.25, -0.2) is 0 Å². The number of hydrogen-bond donors (Lipinski definition) is 1. The van der Waals surface area contributed by atoms with Crippen LogP contribution in [-0.4, -0.2) is 56.0 Å². The van der Waals surface area contributed by atoms with Gasteiger partial charge in [0.25, 0.3) is 0 Å². The first-order chi connectivity index (χ1) is 9.47. The van der Waals surface area contributed by atoms with E-state index in [1.165, 1.54) is 0 Å². The highest BCUT2D eigenvalue weighted by Gasteiger charge is 2.41. The number of rotatable bonds is 5. The van der Waals surface area contributed by atoms with Crippen LogP contribution in [-0.2, 0) is 4.74 Å². The molecule has 0 aromatic heterocycles. The lowest BCUT2D eigenvalue weighted by Crippen LogP contribution is -2.47. The highest BCUT2D eigenvalue weighted by atomic mass is 19.4. The zero-order chi connectivity index (χ0) is 14.6. The summed E-state index contributed by atoms with van der Waals surface area (Å²) in [7, 11) is 0. The molecule has 2 saturated heterocycles. The predicted molar refractivity (Wildman–Crippen MR) is 71.7 cm³/mol. The Morgan fingerprint density at radius 1 is 1.25 bits per heavy atom. The van der Waals surface area contributed by atoms with Gasteiger partial charge in [0.1, 0.15) is 0 Å². The summed E-state index contributed by atoms with van der Waals surface area (Å²) in [6, 6.07) is 0.283. The van der Waals surface area contributed by atoms with Crippen molar-refractivity contribution < 1.29 is 17.9 Å². The van der Waals surface area contributed by atoms with Crippen LogP contribution in [0.25, 0.3) is 0 Å². The maximum absolute atomic E-state index is 12.6. The van der Waals surface area contributed by atoms with E-state index in [4.69, 9.17) is 4.74 Å². The van der Waals surface area contributed by atoms with Gasteiger partial charge in [-0.3, -0.25) is 4.90 Å². The first-order valence-electron chi connectivity index (χ1n) is 7.60. The van der Waals surface area contributed by atoms with E-state index in [0.29, 0.717) is 19.2 Å². The smallest absolute Gasteiger partial charge is 0.377 e. The number of alkyl halides is 3. The van der Waals surface area contributed by atoms with Crippen LogP contribution in [0.4, 0.5) is 13.2 Å². The zero-order valence-corrected chi connectivity index (χ0v) is 12.1. The lowest BCUT2D eigenvalue weighted by atomic mass is 9.95. The second-order valence-electron chi connectivity index (χ2n) is 5.99. The van der Waals surface area contributed by atoms with Gasteiger partial charge in [-0.15, -0.1) is 0 Å². The van der Waals surface area contributed by atoms with Gasteiger partial charge < -0.3 is 10.1 Å². The number of ether oxygens (including phenoxy) is 1. The standard InChI is InChI=1S/C14H25F3N2O/c1-11(9-18-10-13-3-2-8-20-13)19-6-4-12(5-7-19)14(15,16)17/h11-13,18H,2-10H2,1H3. The van der Waals surface area contributed by atoms with Gasteiger partial charge in [0.15, 0.2) is 0 Å². The molecule has 118 valence electrons. The van der Waals surface area contributed by atoms with Crippen LogP contribution in [0.5, 0.6) is 0 Å². The first-order valence-corrected chi connectivity index (χ1v) is 7.60. The molecular weight excluding hydrogens is 269 g/mol. The summed E-state index contributed by atoms with van der Waals surface area (Å²) in [6.07, 6.45) is -0.990. The molecule has 3 nitrogen and oxygen atoms in total. The molecule has 2 unspecified atom stereocenters. The maximum atomic E-state index is 12.6. The third kappa shape index (κ3) is 4.60. The molecule has 0 saturated carbocycles. The molecule has 2 rings (SSSR count). The van der Waals surface area contributed by atoms with E-state index in [2.05, 4.69) is 17.1 Å². The summed E-state index contributed by atoms with van der Waals surface area (Å²) in [5.74, 6) is -1.11. The van der Waals surface area contributed by atoms with Crippen molar-refractivity contribution in [2.24, 2.45) is 5.92 Å². The monoisotopic (exact) mass is 294 g/mol. The summed E-state index contributed by atoms with van der Waals surface area (Å²) in [5.41, 5.74) is 0. The second-order valence-corrected chi connectivity index (χ2v) is 5.99. The van der Waals surface area contributed by atoms with E-state index in [1.807, 2.05) is 0 Å². The number of nitrogens with zero attached hydrogens (tertiary/aromatic N) is 1. The molecule has 6 heteroatoms. The van der Waals surface area contributed by atoms with Gasteiger partial charge in [-0.2, -0.15) is 13.2 Å². The van der Waals surface area contributed by atoms with Crippen LogP contribution in [0.3, 0.4) is 0 Å². The molecule has 2 atom stereocenters. The Kier molecular flexibility index (Phi) is 5.69. The summed E-state index contributed by atoms with van der Waals surface area (Å²) >= 11 is 0. The lowest BCUT2D eigenvalue weighted by molar-refractivity contribution is -0.185. The Bertz CT molecular complexity index is 285. The number of halogens is 3. The minimum atomic E-state index is -4.02. The molecule has 1 N–H and O–H groups in total. The zero-order valence-electron chi connectivity index (χ0n) is 12.1. The van der Waals surface area contributed by atoms with Crippen molar-refractivity contribution in [2.75, 3.05) is 32.8 Å². The van der Waals surface area contributed by atoms with Gasteiger partial charge >= 0.3 is 6.18 Å². The van der Waals surface area contributed by atoms with Crippen LogP contribution in [0.15, 0.2) is 0 Å². The molecule has 0 aromatic rings. The molecule has 0 bridgehead atoms. The van der Waals surface area contributed by atoms with Gasteiger partial charge in [0, 0.05) is 25.7 Å². The average Bonchev–Trinajstić information content (AvgIpc) is 2.91. The van der Waals surface area contributed by atoms with Crippen LogP contribution >= 0.6 is 0 Å². The predicted octanol–water partition coefficient (Wildman–Crippen LogP) is 2.42. The molecule has 2 heterocycles. The van der Waals surface area contributed by atoms with Crippen LogP contribution < -0.4 is 5.32 Å². The Hall–Kier alpha value is -0.330. The van der Waals surface area contributed by atoms with Crippen LogP contribution in [0, 0.1) is 5.92 Å². The fourth-order valence-electron chi connectivity index (χ4n) is 3.06. The van der Waals surface area contributed by atoms with E-state index in [9.17, 15) is 13.2 Å². The van der Waals surface area contributed by atoms with Crippen molar-refractivity contribution in [3.05, 3.63) is 0 Å².